The summed E-state index contributed by atoms with van der Waals surface area (Å²) in [5, 5.41) is 0. The van der Waals surface area contributed by atoms with Crippen LogP contribution in [0.5, 0.6) is 11.5 Å². The van der Waals surface area contributed by atoms with E-state index in [1.807, 2.05) is 14.2 Å². The van der Waals surface area contributed by atoms with Gasteiger partial charge in [-0.3, -0.25) is 0 Å². The highest BCUT2D eigenvalue weighted by atomic mass is 16.5. The maximum Gasteiger partial charge on any atom is 0.136 e. The summed E-state index contributed by atoms with van der Waals surface area (Å²) in [4.78, 5) is 0. The predicted octanol–water partition coefficient (Wildman–Crippen LogP) is 9.92. The molecule has 6 aromatic carbocycles. The molecule has 0 radical (unpaired) electrons. The van der Waals surface area contributed by atoms with Gasteiger partial charge in [0, 0.05) is 22.3 Å². The van der Waals surface area contributed by atoms with E-state index in [9.17, 15) is 0 Å². The van der Waals surface area contributed by atoms with Crippen molar-refractivity contribution >= 4 is 0 Å². The molecule has 0 fully saturated rings. The fourth-order valence-electron chi connectivity index (χ4n) is 7.77. The average molecular weight is 587 g/mol. The third-order valence-electron chi connectivity index (χ3n) is 9.72. The van der Waals surface area contributed by atoms with E-state index >= 15 is 0 Å². The summed E-state index contributed by atoms with van der Waals surface area (Å²) in [5.41, 5.74) is 15.2. The number of hydrogen-bond donors (Lipinski definition) is 0. The van der Waals surface area contributed by atoms with E-state index in [1.54, 1.807) is 0 Å². The van der Waals surface area contributed by atoms with Crippen LogP contribution in [-0.4, -0.2) is 18.7 Å². The van der Waals surface area contributed by atoms with Crippen molar-refractivity contribution in [3.63, 3.8) is 0 Å². The Hall–Kier alpha value is -5.12. The van der Waals surface area contributed by atoms with E-state index < -0.39 is 0 Å². The third kappa shape index (κ3) is 4.63. The van der Waals surface area contributed by atoms with Crippen LogP contribution in [0.15, 0.2) is 133 Å². The maximum absolute atomic E-state index is 6.29. The van der Waals surface area contributed by atoms with Gasteiger partial charge < -0.3 is 14.0 Å². The molecule has 0 unspecified atom stereocenters. The second-order valence-corrected chi connectivity index (χ2v) is 12.4. The highest BCUT2D eigenvalue weighted by Gasteiger charge is 2.47. The van der Waals surface area contributed by atoms with Crippen molar-refractivity contribution in [2.24, 2.45) is 0 Å². The number of quaternary nitrogens is 1. The van der Waals surface area contributed by atoms with Crippen molar-refractivity contribution in [2.75, 3.05) is 14.2 Å². The minimum atomic E-state index is 0.908. The molecule has 2 heterocycles. The minimum absolute atomic E-state index is 0.908. The molecule has 8 rings (SSSR count). The van der Waals surface area contributed by atoms with E-state index in [-0.39, 0.29) is 0 Å². The normalized spacial score (nSPS) is 14.3. The number of benzene rings is 6. The van der Waals surface area contributed by atoms with Crippen LogP contribution in [0.3, 0.4) is 0 Å². The maximum atomic E-state index is 6.29. The van der Waals surface area contributed by atoms with Gasteiger partial charge in [0.15, 0.2) is 0 Å². The molecule has 0 saturated carbocycles. The molecule has 0 amide bonds. The molecular weight excluding hydrogens is 550 g/mol. The monoisotopic (exact) mass is 586 g/mol. The van der Waals surface area contributed by atoms with E-state index in [0.29, 0.717) is 0 Å². The number of ether oxygens (including phenoxy) is 2. The van der Waals surface area contributed by atoms with Crippen LogP contribution >= 0.6 is 0 Å². The van der Waals surface area contributed by atoms with Crippen molar-refractivity contribution < 1.29 is 14.0 Å². The van der Waals surface area contributed by atoms with Crippen molar-refractivity contribution in [3.8, 4) is 56.0 Å². The molecule has 6 aromatic rings. The molecule has 0 aromatic heterocycles. The van der Waals surface area contributed by atoms with E-state index in [4.69, 9.17) is 9.47 Å². The number of fused-ring (bicyclic) bond motifs is 2. The number of rotatable bonds is 6. The Morgan fingerprint density at radius 3 is 0.978 bits per heavy atom. The van der Waals surface area contributed by atoms with Gasteiger partial charge in [-0.2, -0.15) is 0 Å². The lowest BCUT2D eigenvalue weighted by Crippen LogP contribution is -2.36. The summed E-state index contributed by atoms with van der Waals surface area (Å²) in [6.07, 6.45) is 0. The SMILES string of the molecule is COc1c(-c2ccccc2)cc(-c2ccccc2)c2c1C[N+]1(C2)Cc2c(-c3ccccc3)cc(-c3ccccc3)c(OC)c2C1. The Labute approximate surface area is 265 Å². The summed E-state index contributed by atoms with van der Waals surface area (Å²) in [6, 6.07) is 47.7. The molecule has 2 aliphatic rings. The van der Waals surface area contributed by atoms with E-state index in [1.165, 1.54) is 55.6 Å². The molecule has 1 spiro atoms. The molecule has 3 nitrogen and oxygen atoms in total. The van der Waals surface area contributed by atoms with Gasteiger partial charge in [-0.25, -0.2) is 0 Å². The molecule has 0 bridgehead atoms. The van der Waals surface area contributed by atoms with Gasteiger partial charge in [0.05, 0.1) is 25.3 Å². The smallest absolute Gasteiger partial charge is 0.136 e. The highest BCUT2D eigenvalue weighted by molar-refractivity contribution is 5.84. The van der Waals surface area contributed by atoms with Gasteiger partial charge in [-0.1, -0.05) is 121 Å². The second-order valence-electron chi connectivity index (χ2n) is 12.4. The summed E-state index contributed by atoms with van der Waals surface area (Å²) in [5.74, 6) is 2.00. The Kier molecular flexibility index (Phi) is 6.77. The van der Waals surface area contributed by atoms with Crippen molar-refractivity contribution in [1.82, 2.24) is 0 Å². The molecule has 220 valence electrons. The largest absolute Gasteiger partial charge is 0.496 e. The van der Waals surface area contributed by atoms with Gasteiger partial charge in [-0.15, -0.1) is 0 Å². The topological polar surface area (TPSA) is 18.5 Å². The predicted molar refractivity (Wildman–Crippen MR) is 183 cm³/mol. The summed E-state index contributed by atoms with van der Waals surface area (Å²) >= 11 is 0. The Balaban J connectivity index is 1.31. The van der Waals surface area contributed by atoms with Gasteiger partial charge in [0.25, 0.3) is 0 Å². The first-order valence-electron chi connectivity index (χ1n) is 15.7. The van der Waals surface area contributed by atoms with Crippen molar-refractivity contribution in [3.05, 3.63) is 156 Å². The van der Waals surface area contributed by atoms with Crippen molar-refractivity contribution in [2.45, 2.75) is 26.2 Å². The fourth-order valence-corrected chi connectivity index (χ4v) is 7.77. The number of hydrogen-bond acceptors (Lipinski definition) is 2. The lowest BCUT2D eigenvalue weighted by atomic mass is 9.91. The summed E-state index contributed by atoms with van der Waals surface area (Å²) in [7, 11) is 3.66. The molecule has 0 N–H and O–H groups in total. The van der Waals surface area contributed by atoms with Crippen LogP contribution in [0.25, 0.3) is 44.5 Å². The first-order valence-corrected chi connectivity index (χ1v) is 15.7. The summed E-state index contributed by atoms with van der Waals surface area (Å²) in [6.45, 7) is 3.70. The van der Waals surface area contributed by atoms with E-state index in [0.717, 1.165) is 53.3 Å². The van der Waals surface area contributed by atoms with Crippen LogP contribution < -0.4 is 9.47 Å². The van der Waals surface area contributed by atoms with Gasteiger partial charge in [-0.05, 0) is 45.5 Å². The lowest BCUT2D eigenvalue weighted by Gasteiger charge is -2.29. The molecular formula is C42H36NO2+. The van der Waals surface area contributed by atoms with Crippen LogP contribution in [0.2, 0.25) is 0 Å². The average Bonchev–Trinajstić information content (AvgIpc) is 3.67. The first-order chi connectivity index (χ1) is 22.2. The minimum Gasteiger partial charge on any atom is -0.496 e. The first kappa shape index (κ1) is 27.4. The zero-order chi connectivity index (χ0) is 30.4. The Bertz CT molecular complexity index is 1850. The lowest BCUT2D eigenvalue weighted by molar-refractivity contribution is -0.966. The zero-order valence-electron chi connectivity index (χ0n) is 25.8. The number of nitrogens with zero attached hydrogens (tertiary/aromatic N) is 1. The molecule has 45 heavy (non-hydrogen) atoms. The summed E-state index contributed by atoms with van der Waals surface area (Å²) < 4.78 is 13.5. The highest BCUT2D eigenvalue weighted by Crippen LogP contribution is 2.53. The molecule has 0 saturated heterocycles. The van der Waals surface area contributed by atoms with Crippen LogP contribution in [0.4, 0.5) is 0 Å². The number of methoxy groups -OCH3 is 2. The molecule has 2 aliphatic heterocycles. The Morgan fingerprint density at radius 1 is 0.378 bits per heavy atom. The molecule has 0 atom stereocenters. The zero-order valence-corrected chi connectivity index (χ0v) is 25.8. The third-order valence-corrected chi connectivity index (χ3v) is 9.72. The Morgan fingerprint density at radius 2 is 0.667 bits per heavy atom. The molecule has 0 aliphatic carbocycles. The van der Waals surface area contributed by atoms with E-state index in [2.05, 4.69) is 133 Å². The fraction of sp³-hybridized carbons (Fsp3) is 0.143. The standard InChI is InChI=1S/C42H36NO2/c1-44-41-35(31-19-11-5-12-20-31)23-33(29-15-7-3-8-16-29)37-25-43(27-39(37)41)26-38-34(30-17-9-4-10-18-30)24-36(32-21-13-6-14-22-32)42(45-2)40(38)28-43/h3-24H,25-28H2,1-2H3/q+1. The van der Waals surface area contributed by atoms with Crippen LogP contribution in [-0.2, 0) is 26.2 Å². The molecule has 3 heteroatoms. The van der Waals surface area contributed by atoms with Crippen LogP contribution in [0.1, 0.15) is 22.3 Å². The second kappa shape index (κ2) is 11.1. The quantitative estimate of drug-likeness (QED) is 0.181. The van der Waals surface area contributed by atoms with Gasteiger partial charge >= 0.3 is 0 Å². The van der Waals surface area contributed by atoms with Gasteiger partial charge in [0.2, 0.25) is 0 Å². The van der Waals surface area contributed by atoms with Gasteiger partial charge in [0.1, 0.15) is 37.7 Å². The van der Waals surface area contributed by atoms with Crippen molar-refractivity contribution in [1.29, 1.82) is 0 Å². The van der Waals surface area contributed by atoms with Crippen LogP contribution in [0, 0.1) is 0 Å².